The van der Waals surface area contributed by atoms with Crippen LogP contribution in [0.1, 0.15) is 52.9 Å². The first-order valence-corrected chi connectivity index (χ1v) is 4.82. The Labute approximate surface area is 75.9 Å². The summed E-state index contributed by atoms with van der Waals surface area (Å²) in [5.41, 5.74) is 1.24. The highest BCUT2D eigenvalue weighted by Gasteiger charge is 1.97. The topological polar surface area (TPSA) is 17.1 Å². The largest absolute Gasteiger partial charge is 0.299 e. The molecule has 1 heteroatoms. The summed E-state index contributed by atoms with van der Waals surface area (Å²) in [7, 11) is 0. The van der Waals surface area contributed by atoms with Crippen LogP contribution in [-0.2, 0) is 4.79 Å². The van der Waals surface area contributed by atoms with Crippen molar-refractivity contribution in [2.75, 3.05) is 0 Å². The lowest BCUT2D eigenvalue weighted by Crippen LogP contribution is -1.95. The summed E-state index contributed by atoms with van der Waals surface area (Å²) in [6.45, 7) is 6.21. The minimum absolute atomic E-state index is 0.379. The van der Waals surface area contributed by atoms with Crippen molar-refractivity contribution in [3.8, 4) is 0 Å². The molecule has 0 saturated heterocycles. The van der Waals surface area contributed by atoms with E-state index in [1.54, 1.807) is 0 Å². The summed E-state index contributed by atoms with van der Waals surface area (Å²) < 4.78 is 0. The first-order chi connectivity index (χ1) is 5.66. The van der Waals surface area contributed by atoms with E-state index in [9.17, 15) is 4.79 Å². The Hall–Kier alpha value is -0.590. The van der Waals surface area contributed by atoms with Crippen molar-refractivity contribution in [3.63, 3.8) is 0 Å². The second-order valence-corrected chi connectivity index (χ2v) is 3.48. The lowest BCUT2D eigenvalue weighted by molar-refractivity contribution is -0.118. The van der Waals surface area contributed by atoms with E-state index in [-0.39, 0.29) is 0 Å². The molecule has 0 N–H and O–H groups in total. The van der Waals surface area contributed by atoms with Crippen LogP contribution in [0.15, 0.2) is 11.6 Å². The molecule has 0 aromatic rings. The Morgan fingerprint density at radius 2 is 1.92 bits per heavy atom. The maximum absolute atomic E-state index is 11.2. The van der Waals surface area contributed by atoms with E-state index in [1.165, 1.54) is 18.4 Å². The molecule has 0 radical (unpaired) electrons. The molecule has 0 aliphatic carbocycles. The quantitative estimate of drug-likeness (QED) is 0.438. The fraction of sp³-hybridized carbons (Fsp3) is 0.727. The van der Waals surface area contributed by atoms with E-state index in [1.807, 2.05) is 19.9 Å². The Bertz CT molecular complexity index is 152. The highest BCUT2D eigenvalue weighted by Crippen LogP contribution is 2.03. The number of unbranched alkanes of at least 4 members (excludes halogenated alkanes) is 2. The first-order valence-electron chi connectivity index (χ1n) is 4.82. The Kier molecular flexibility index (Phi) is 6.73. The van der Waals surface area contributed by atoms with Gasteiger partial charge in [0.1, 0.15) is 5.78 Å². The highest BCUT2D eigenvalue weighted by molar-refractivity contribution is 5.79. The SMILES string of the molecule is CCCCCC(=O)CC=C(C)C. The molecule has 0 aromatic carbocycles. The molecular weight excluding hydrogens is 148 g/mol. The molecule has 0 atom stereocenters. The third-order valence-electron chi connectivity index (χ3n) is 1.80. The van der Waals surface area contributed by atoms with E-state index in [2.05, 4.69) is 6.92 Å². The zero-order valence-electron chi connectivity index (χ0n) is 8.52. The average molecular weight is 168 g/mol. The van der Waals surface area contributed by atoms with Crippen molar-refractivity contribution in [2.45, 2.75) is 52.9 Å². The van der Waals surface area contributed by atoms with Crippen LogP contribution in [0.2, 0.25) is 0 Å². The number of hydrogen-bond donors (Lipinski definition) is 0. The standard InChI is InChI=1S/C11H20O/c1-4-5-6-7-11(12)9-8-10(2)3/h8H,4-7,9H2,1-3H3. The number of carbonyl (C=O) groups excluding carboxylic acids is 1. The third kappa shape index (κ3) is 7.52. The minimum Gasteiger partial charge on any atom is -0.299 e. The summed E-state index contributed by atoms with van der Waals surface area (Å²) in [6, 6.07) is 0. The Balaban J connectivity index is 3.41. The second kappa shape index (κ2) is 7.08. The number of Topliss-reactive ketones (excluding diaryl/α,β-unsaturated/α-hetero) is 1. The van der Waals surface area contributed by atoms with Gasteiger partial charge in [-0.15, -0.1) is 0 Å². The lowest BCUT2D eigenvalue weighted by Gasteiger charge is -1.96. The van der Waals surface area contributed by atoms with Gasteiger partial charge in [0.25, 0.3) is 0 Å². The number of carbonyl (C=O) groups is 1. The second-order valence-electron chi connectivity index (χ2n) is 3.48. The van der Waals surface area contributed by atoms with Crippen molar-refractivity contribution < 1.29 is 4.79 Å². The van der Waals surface area contributed by atoms with Gasteiger partial charge in [0, 0.05) is 12.8 Å². The highest BCUT2D eigenvalue weighted by atomic mass is 16.1. The minimum atomic E-state index is 0.379. The molecule has 0 bridgehead atoms. The zero-order chi connectivity index (χ0) is 9.40. The van der Waals surface area contributed by atoms with E-state index < -0.39 is 0 Å². The molecule has 0 fully saturated rings. The molecule has 0 aliphatic rings. The van der Waals surface area contributed by atoms with Gasteiger partial charge in [-0.25, -0.2) is 0 Å². The van der Waals surface area contributed by atoms with E-state index in [4.69, 9.17) is 0 Å². The number of hydrogen-bond acceptors (Lipinski definition) is 1. The monoisotopic (exact) mass is 168 g/mol. The van der Waals surface area contributed by atoms with Crippen LogP contribution in [0.4, 0.5) is 0 Å². The molecule has 70 valence electrons. The molecule has 0 amide bonds. The van der Waals surface area contributed by atoms with E-state index in [0.717, 1.165) is 12.8 Å². The van der Waals surface area contributed by atoms with Crippen molar-refractivity contribution in [1.29, 1.82) is 0 Å². The van der Waals surface area contributed by atoms with E-state index in [0.29, 0.717) is 12.2 Å². The zero-order valence-corrected chi connectivity index (χ0v) is 8.52. The molecule has 0 aromatic heterocycles. The summed E-state index contributed by atoms with van der Waals surface area (Å²) in [5, 5.41) is 0. The predicted molar refractivity (Wildman–Crippen MR) is 53.2 cm³/mol. The van der Waals surface area contributed by atoms with Crippen LogP contribution in [0, 0.1) is 0 Å². The normalized spacial score (nSPS) is 9.58. The van der Waals surface area contributed by atoms with Gasteiger partial charge in [-0.1, -0.05) is 31.4 Å². The predicted octanol–water partition coefficient (Wildman–Crippen LogP) is 3.49. The van der Waals surface area contributed by atoms with Gasteiger partial charge in [0.2, 0.25) is 0 Å². The van der Waals surface area contributed by atoms with Crippen LogP contribution in [-0.4, -0.2) is 5.78 Å². The lowest BCUT2D eigenvalue weighted by atomic mass is 10.1. The molecule has 0 saturated carbocycles. The maximum Gasteiger partial charge on any atom is 0.136 e. The van der Waals surface area contributed by atoms with E-state index >= 15 is 0 Å². The Morgan fingerprint density at radius 1 is 1.25 bits per heavy atom. The number of allylic oxidation sites excluding steroid dienone is 2. The van der Waals surface area contributed by atoms with Gasteiger partial charge in [0.15, 0.2) is 0 Å². The van der Waals surface area contributed by atoms with Crippen LogP contribution >= 0.6 is 0 Å². The van der Waals surface area contributed by atoms with Gasteiger partial charge in [-0.3, -0.25) is 4.79 Å². The van der Waals surface area contributed by atoms with Gasteiger partial charge >= 0.3 is 0 Å². The number of ketones is 1. The molecule has 0 heterocycles. The summed E-state index contributed by atoms with van der Waals surface area (Å²) in [6.07, 6.45) is 6.83. The van der Waals surface area contributed by atoms with Crippen molar-refractivity contribution >= 4 is 5.78 Å². The van der Waals surface area contributed by atoms with Crippen molar-refractivity contribution in [1.82, 2.24) is 0 Å². The van der Waals surface area contributed by atoms with Crippen molar-refractivity contribution in [3.05, 3.63) is 11.6 Å². The van der Waals surface area contributed by atoms with Gasteiger partial charge < -0.3 is 0 Å². The third-order valence-corrected chi connectivity index (χ3v) is 1.80. The fourth-order valence-corrected chi connectivity index (χ4v) is 0.992. The van der Waals surface area contributed by atoms with Crippen LogP contribution < -0.4 is 0 Å². The van der Waals surface area contributed by atoms with Gasteiger partial charge in [-0.05, 0) is 20.3 Å². The first kappa shape index (κ1) is 11.4. The molecule has 0 spiro atoms. The maximum atomic E-state index is 11.2. The van der Waals surface area contributed by atoms with Crippen LogP contribution in [0.3, 0.4) is 0 Å². The van der Waals surface area contributed by atoms with Crippen LogP contribution in [0.5, 0.6) is 0 Å². The summed E-state index contributed by atoms with van der Waals surface area (Å²) in [4.78, 5) is 11.2. The molecule has 0 unspecified atom stereocenters. The molecule has 1 nitrogen and oxygen atoms in total. The van der Waals surface area contributed by atoms with Crippen LogP contribution in [0.25, 0.3) is 0 Å². The molecule has 0 rings (SSSR count). The Morgan fingerprint density at radius 3 is 2.42 bits per heavy atom. The van der Waals surface area contributed by atoms with Gasteiger partial charge in [0.05, 0.1) is 0 Å². The van der Waals surface area contributed by atoms with Gasteiger partial charge in [-0.2, -0.15) is 0 Å². The molecular formula is C11H20O. The average Bonchev–Trinajstić information content (AvgIpc) is 2.01. The fourth-order valence-electron chi connectivity index (χ4n) is 0.992. The molecule has 12 heavy (non-hydrogen) atoms. The molecule has 0 aliphatic heterocycles. The smallest absolute Gasteiger partial charge is 0.136 e. The summed E-state index contributed by atoms with van der Waals surface area (Å²) in [5.74, 6) is 0.379. The van der Waals surface area contributed by atoms with Crippen molar-refractivity contribution in [2.24, 2.45) is 0 Å². The number of rotatable bonds is 6. The summed E-state index contributed by atoms with van der Waals surface area (Å²) >= 11 is 0.